The van der Waals surface area contributed by atoms with Gasteiger partial charge in [-0.15, -0.1) is 0 Å². The van der Waals surface area contributed by atoms with Gasteiger partial charge in [-0.25, -0.2) is 0 Å². The smallest absolute Gasteiger partial charge is 0.258 e. The van der Waals surface area contributed by atoms with E-state index in [1.165, 1.54) is 0 Å². The third kappa shape index (κ3) is 5.74. The summed E-state index contributed by atoms with van der Waals surface area (Å²) in [7, 11) is 0. The first-order valence-corrected chi connectivity index (χ1v) is 8.57. The van der Waals surface area contributed by atoms with Crippen molar-refractivity contribution in [3.8, 4) is 11.5 Å². The second-order valence-corrected chi connectivity index (χ2v) is 6.28. The minimum atomic E-state index is -0.155. The molecule has 4 nitrogen and oxygen atoms in total. The van der Waals surface area contributed by atoms with Gasteiger partial charge in [-0.1, -0.05) is 12.1 Å². The molecular formula is C18H20INO3. The van der Waals surface area contributed by atoms with Crippen molar-refractivity contribution in [3.63, 3.8) is 0 Å². The molecule has 0 radical (unpaired) electrons. The molecule has 1 N–H and O–H groups in total. The molecule has 0 aliphatic carbocycles. The number of hydrogen-bond acceptors (Lipinski definition) is 3. The SMILES string of the molecule is CCOc1cccc(C(C)NC(=O)COc2ccc(I)cc2)c1. The fraction of sp³-hybridized carbons (Fsp3) is 0.278. The molecule has 1 unspecified atom stereocenters. The van der Waals surface area contributed by atoms with Gasteiger partial charge in [0.25, 0.3) is 5.91 Å². The fourth-order valence-corrected chi connectivity index (χ4v) is 2.45. The third-order valence-electron chi connectivity index (χ3n) is 3.23. The van der Waals surface area contributed by atoms with E-state index in [1.807, 2.05) is 62.4 Å². The first kappa shape index (κ1) is 17.6. The predicted molar refractivity (Wildman–Crippen MR) is 98.8 cm³/mol. The Morgan fingerprint density at radius 1 is 1.13 bits per heavy atom. The molecule has 2 rings (SSSR count). The Labute approximate surface area is 150 Å². The number of ether oxygens (including phenoxy) is 2. The molecule has 5 heteroatoms. The number of nitrogens with one attached hydrogen (secondary N) is 1. The minimum absolute atomic E-state index is 0.00389. The maximum absolute atomic E-state index is 12.0. The van der Waals surface area contributed by atoms with Gasteiger partial charge >= 0.3 is 0 Å². The normalized spacial score (nSPS) is 11.6. The van der Waals surface area contributed by atoms with Crippen LogP contribution >= 0.6 is 22.6 Å². The van der Waals surface area contributed by atoms with E-state index in [-0.39, 0.29) is 18.6 Å². The third-order valence-corrected chi connectivity index (χ3v) is 3.95. The van der Waals surface area contributed by atoms with Crippen LogP contribution in [0.3, 0.4) is 0 Å². The van der Waals surface area contributed by atoms with E-state index in [4.69, 9.17) is 9.47 Å². The molecule has 0 saturated heterocycles. The summed E-state index contributed by atoms with van der Waals surface area (Å²) in [5, 5.41) is 2.93. The van der Waals surface area contributed by atoms with E-state index in [1.54, 1.807) is 0 Å². The van der Waals surface area contributed by atoms with Crippen LogP contribution in [0.15, 0.2) is 48.5 Å². The molecule has 1 atom stereocenters. The number of amides is 1. The second-order valence-electron chi connectivity index (χ2n) is 5.04. The van der Waals surface area contributed by atoms with Crippen LogP contribution in [0.4, 0.5) is 0 Å². The standard InChI is InChI=1S/C18H20INO3/c1-3-22-17-6-4-5-14(11-17)13(2)20-18(21)12-23-16-9-7-15(19)8-10-16/h4-11,13H,3,12H2,1-2H3,(H,20,21). The molecule has 0 aromatic heterocycles. The van der Waals surface area contributed by atoms with E-state index >= 15 is 0 Å². The molecule has 23 heavy (non-hydrogen) atoms. The number of halogens is 1. The fourth-order valence-electron chi connectivity index (χ4n) is 2.09. The molecule has 0 bridgehead atoms. The lowest BCUT2D eigenvalue weighted by Crippen LogP contribution is -2.31. The Kier molecular flexibility index (Phi) is 6.70. The zero-order chi connectivity index (χ0) is 16.7. The summed E-state index contributed by atoms with van der Waals surface area (Å²) < 4.78 is 12.1. The van der Waals surface area contributed by atoms with E-state index in [0.29, 0.717) is 12.4 Å². The summed E-state index contributed by atoms with van der Waals surface area (Å²) in [4.78, 5) is 12.0. The summed E-state index contributed by atoms with van der Waals surface area (Å²) in [6, 6.07) is 15.2. The molecule has 122 valence electrons. The topological polar surface area (TPSA) is 47.6 Å². The van der Waals surface area contributed by atoms with E-state index in [0.717, 1.165) is 14.9 Å². The summed E-state index contributed by atoms with van der Waals surface area (Å²) >= 11 is 2.22. The van der Waals surface area contributed by atoms with Crippen LogP contribution in [0.1, 0.15) is 25.5 Å². The van der Waals surface area contributed by atoms with Crippen molar-refractivity contribution in [2.75, 3.05) is 13.2 Å². The molecule has 0 fully saturated rings. The number of rotatable bonds is 7. The zero-order valence-electron chi connectivity index (χ0n) is 13.2. The molecule has 0 heterocycles. The van der Waals surface area contributed by atoms with Gasteiger partial charge in [-0.05, 0) is 78.4 Å². The van der Waals surface area contributed by atoms with Crippen molar-refractivity contribution in [1.82, 2.24) is 5.32 Å². The summed E-state index contributed by atoms with van der Waals surface area (Å²) in [6.45, 7) is 4.50. The average Bonchev–Trinajstić information content (AvgIpc) is 2.55. The van der Waals surface area contributed by atoms with E-state index in [9.17, 15) is 4.79 Å². The zero-order valence-corrected chi connectivity index (χ0v) is 15.4. The highest BCUT2D eigenvalue weighted by molar-refractivity contribution is 14.1. The average molecular weight is 425 g/mol. The second kappa shape index (κ2) is 8.76. The van der Waals surface area contributed by atoms with Crippen molar-refractivity contribution in [1.29, 1.82) is 0 Å². The van der Waals surface area contributed by atoms with Crippen LogP contribution in [-0.2, 0) is 4.79 Å². The van der Waals surface area contributed by atoms with Gasteiger partial charge in [-0.3, -0.25) is 4.79 Å². The Morgan fingerprint density at radius 2 is 1.87 bits per heavy atom. The molecular weight excluding hydrogens is 405 g/mol. The molecule has 0 aliphatic heterocycles. The lowest BCUT2D eigenvalue weighted by atomic mass is 10.1. The molecule has 2 aromatic rings. The van der Waals surface area contributed by atoms with Crippen molar-refractivity contribution in [3.05, 3.63) is 57.7 Å². The predicted octanol–water partition coefficient (Wildman–Crippen LogP) is 3.95. The first-order valence-electron chi connectivity index (χ1n) is 7.49. The maximum atomic E-state index is 12.0. The summed E-state index contributed by atoms with van der Waals surface area (Å²) in [5.41, 5.74) is 0.999. The molecule has 0 spiro atoms. The highest BCUT2D eigenvalue weighted by Crippen LogP contribution is 2.19. The van der Waals surface area contributed by atoms with Gasteiger partial charge in [0.15, 0.2) is 6.61 Å². The number of benzene rings is 2. The number of hydrogen-bond donors (Lipinski definition) is 1. The number of carbonyl (C=O) groups is 1. The monoisotopic (exact) mass is 425 g/mol. The van der Waals surface area contributed by atoms with Crippen LogP contribution in [0, 0.1) is 3.57 Å². The molecule has 0 saturated carbocycles. The van der Waals surface area contributed by atoms with Crippen LogP contribution in [0.5, 0.6) is 11.5 Å². The van der Waals surface area contributed by atoms with E-state index in [2.05, 4.69) is 27.9 Å². The first-order chi connectivity index (χ1) is 11.1. The Morgan fingerprint density at radius 3 is 2.57 bits per heavy atom. The van der Waals surface area contributed by atoms with Gasteiger partial charge in [0.2, 0.25) is 0 Å². The lowest BCUT2D eigenvalue weighted by molar-refractivity contribution is -0.123. The Bertz CT molecular complexity index is 643. The van der Waals surface area contributed by atoms with Crippen molar-refractivity contribution >= 4 is 28.5 Å². The molecule has 1 amide bonds. The van der Waals surface area contributed by atoms with Crippen LogP contribution < -0.4 is 14.8 Å². The molecule has 0 aliphatic rings. The highest BCUT2D eigenvalue weighted by Gasteiger charge is 2.11. The van der Waals surface area contributed by atoms with E-state index < -0.39 is 0 Å². The van der Waals surface area contributed by atoms with Gasteiger partial charge < -0.3 is 14.8 Å². The number of carbonyl (C=O) groups excluding carboxylic acids is 1. The van der Waals surface area contributed by atoms with Gasteiger partial charge in [0.05, 0.1) is 12.6 Å². The Balaban J connectivity index is 1.86. The lowest BCUT2D eigenvalue weighted by Gasteiger charge is -2.16. The van der Waals surface area contributed by atoms with Gasteiger partial charge in [0, 0.05) is 3.57 Å². The quantitative estimate of drug-likeness (QED) is 0.684. The maximum Gasteiger partial charge on any atom is 0.258 e. The van der Waals surface area contributed by atoms with Crippen molar-refractivity contribution < 1.29 is 14.3 Å². The minimum Gasteiger partial charge on any atom is -0.494 e. The van der Waals surface area contributed by atoms with Gasteiger partial charge in [0.1, 0.15) is 11.5 Å². The van der Waals surface area contributed by atoms with Crippen LogP contribution in [0.25, 0.3) is 0 Å². The van der Waals surface area contributed by atoms with Crippen molar-refractivity contribution in [2.45, 2.75) is 19.9 Å². The van der Waals surface area contributed by atoms with Crippen molar-refractivity contribution in [2.24, 2.45) is 0 Å². The summed E-state index contributed by atoms with van der Waals surface area (Å²) in [6.07, 6.45) is 0. The summed E-state index contributed by atoms with van der Waals surface area (Å²) in [5.74, 6) is 1.34. The van der Waals surface area contributed by atoms with Gasteiger partial charge in [-0.2, -0.15) is 0 Å². The highest BCUT2D eigenvalue weighted by atomic mass is 127. The van der Waals surface area contributed by atoms with Crippen LogP contribution in [0.2, 0.25) is 0 Å². The van der Waals surface area contributed by atoms with Crippen LogP contribution in [-0.4, -0.2) is 19.1 Å². The largest absolute Gasteiger partial charge is 0.494 e. The molecule has 2 aromatic carbocycles. The Hall–Kier alpha value is -1.76.